The van der Waals surface area contributed by atoms with Crippen LogP contribution in [-0.2, 0) is 13.0 Å². The van der Waals surface area contributed by atoms with Crippen LogP contribution < -0.4 is 10.6 Å². The molecule has 2 N–H and O–H groups in total. The van der Waals surface area contributed by atoms with Crippen LogP contribution in [0.1, 0.15) is 54.1 Å². The summed E-state index contributed by atoms with van der Waals surface area (Å²) < 4.78 is 32.4. The van der Waals surface area contributed by atoms with E-state index < -0.39 is 11.6 Å². The van der Waals surface area contributed by atoms with Crippen LogP contribution in [0.4, 0.5) is 20.2 Å². The van der Waals surface area contributed by atoms with Gasteiger partial charge in [-0.25, -0.2) is 18.8 Å². The van der Waals surface area contributed by atoms with Crippen molar-refractivity contribution >= 4 is 92.9 Å². The normalized spacial score (nSPS) is 12.5. The largest absolute Gasteiger partial charge is 0.352 e. The van der Waals surface area contributed by atoms with Crippen LogP contribution in [0.5, 0.6) is 0 Å². The van der Waals surface area contributed by atoms with Gasteiger partial charge in [0.25, 0.3) is 11.8 Å². The molecule has 2 aliphatic heterocycles. The molecule has 0 saturated carbocycles. The molecule has 0 bridgehead atoms. The number of rotatable bonds is 10. The number of nitrogens with one attached hydrogen (secondary N) is 2. The minimum atomic E-state index is -0.481. The predicted octanol–water partition coefficient (Wildman–Crippen LogP) is 14.8. The molecule has 0 aromatic heterocycles. The standard InChI is InChI=1S/C55H35Cl3F2N4O2S2/c56-37-7-5-6-31(24-37)22-23-61-54(65)34-15-20-49-46(26-34)64-53(41-9-2-4-11-48(41)67-49)40-18-13-32(25-45(40)60)33-14-19-42-51(28-33)68-50-21-16-35(55(66)62-30-36-12-17-38(57)29-43(36)58)27-47(50)63-52(42)39-8-1-3-10-44(39)59/h1-21,24-29H,22-23,30H2,(H,61,65)(H,62,66). The van der Waals surface area contributed by atoms with Crippen LogP contribution in [0.2, 0.25) is 15.1 Å². The molecule has 0 aliphatic carbocycles. The highest BCUT2D eigenvalue weighted by atomic mass is 35.5. The highest BCUT2D eigenvalue weighted by Gasteiger charge is 2.25. The van der Waals surface area contributed by atoms with Crippen molar-refractivity contribution < 1.29 is 18.4 Å². The Kier molecular flexibility index (Phi) is 13.0. The van der Waals surface area contributed by atoms with Crippen molar-refractivity contribution in [2.75, 3.05) is 6.54 Å². The SMILES string of the molecule is O=C(NCCc1cccc(Cl)c1)c1ccc2c(c1)N=C(c1ccc(-c3ccc4c(c3)Sc3ccc(C(=O)NCc5ccc(Cl)cc5Cl)cc3N=C4c3ccccc3F)cc1F)c1ccccc1S2. The average Bonchev–Trinajstić information content (AvgIpc) is 3.61. The van der Waals surface area contributed by atoms with E-state index >= 15 is 8.78 Å². The fourth-order valence-electron chi connectivity index (χ4n) is 8.00. The van der Waals surface area contributed by atoms with E-state index in [-0.39, 0.29) is 18.4 Å². The molecule has 8 aromatic rings. The number of hydrogen-bond acceptors (Lipinski definition) is 6. The molecule has 0 saturated heterocycles. The lowest BCUT2D eigenvalue weighted by atomic mass is 9.95. The molecule has 0 fully saturated rings. The van der Waals surface area contributed by atoms with Gasteiger partial charge in [0, 0.05) is 81.1 Å². The minimum Gasteiger partial charge on any atom is -0.352 e. The van der Waals surface area contributed by atoms with Crippen LogP contribution in [0.15, 0.2) is 193 Å². The van der Waals surface area contributed by atoms with E-state index in [4.69, 9.17) is 44.8 Å². The van der Waals surface area contributed by atoms with Crippen LogP contribution in [0.25, 0.3) is 11.1 Å². The summed E-state index contributed by atoms with van der Waals surface area (Å²) in [5, 5.41) is 7.49. The number of halogens is 5. The van der Waals surface area contributed by atoms with Crippen molar-refractivity contribution in [1.82, 2.24) is 10.6 Å². The third-order valence-electron chi connectivity index (χ3n) is 11.5. The maximum absolute atomic E-state index is 16.8. The molecule has 0 spiro atoms. The van der Waals surface area contributed by atoms with E-state index in [1.807, 2.05) is 84.9 Å². The third kappa shape index (κ3) is 9.61. The van der Waals surface area contributed by atoms with Crippen LogP contribution in [0, 0.1) is 11.6 Å². The number of fused-ring (bicyclic) bond motifs is 4. The first kappa shape index (κ1) is 45.3. The highest BCUT2D eigenvalue weighted by Crippen LogP contribution is 2.45. The van der Waals surface area contributed by atoms with E-state index in [9.17, 15) is 9.59 Å². The number of nitrogens with zero attached hydrogens (tertiary/aromatic N) is 2. The number of amides is 2. The molecule has 6 nitrogen and oxygen atoms in total. The number of aliphatic imine (C=N–C) groups is 2. The molecular formula is C55H35Cl3F2N4O2S2. The summed E-state index contributed by atoms with van der Waals surface area (Å²) in [5.74, 6) is -1.51. The van der Waals surface area contributed by atoms with Gasteiger partial charge in [-0.05, 0) is 126 Å². The number of carbonyl (C=O) groups is 2. The second-order valence-electron chi connectivity index (χ2n) is 15.9. The topological polar surface area (TPSA) is 82.9 Å². The summed E-state index contributed by atoms with van der Waals surface area (Å²) in [6, 6.07) is 48.2. The molecule has 0 unspecified atom stereocenters. The first-order valence-electron chi connectivity index (χ1n) is 21.4. The highest BCUT2D eigenvalue weighted by molar-refractivity contribution is 8.00. The number of benzene rings is 8. The maximum Gasteiger partial charge on any atom is 0.251 e. The first-order valence-corrected chi connectivity index (χ1v) is 24.2. The molecular weight excluding hydrogens is 957 g/mol. The summed E-state index contributed by atoms with van der Waals surface area (Å²) >= 11 is 21.5. The zero-order valence-corrected chi connectivity index (χ0v) is 39.5. The van der Waals surface area contributed by atoms with E-state index in [2.05, 4.69) is 10.6 Å². The van der Waals surface area contributed by atoms with Gasteiger partial charge in [-0.1, -0.05) is 125 Å². The Labute approximate surface area is 414 Å². The molecule has 10 rings (SSSR count). The van der Waals surface area contributed by atoms with Crippen molar-refractivity contribution in [2.45, 2.75) is 32.5 Å². The Morgan fingerprint density at radius 1 is 0.500 bits per heavy atom. The van der Waals surface area contributed by atoms with Crippen molar-refractivity contribution in [2.24, 2.45) is 9.98 Å². The van der Waals surface area contributed by atoms with Gasteiger partial charge >= 0.3 is 0 Å². The van der Waals surface area contributed by atoms with E-state index in [0.717, 1.165) is 36.3 Å². The van der Waals surface area contributed by atoms with Gasteiger partial charge in [0.05, 0.1) is 22.8 Å². The molecule has 68 heavy (non-hydrogen) atoms. The fourth-order valence-corrected chi connectivity index (χ4v) is 10.7. The molecule has 2 amide bonds. The summed E-state index contributed by atoms with van der Waals surface area (Å²) in [7, 11) is 0. The quantitative estimate of drug-likeness (QED) is 0.143. The zero-order chi connectivity index (χ0) is 46.9. The Balaban J connectivity index is 0.953. The van der Waals surface area contributed by atoms with Gasteiger partial charge in [-0.15, -0.1) is 0 Å². The summed E-state index contributed by atoms with van der Waals surface area (Å²) in [6.07, 6.45) is 0.619. The van der Waals surface area contributed by atoms with Crippen LogP contribution in [0.3, 0.4) is 0 Å². The Morgan fingerprint density at radius 3 is 1.79 bits per heavy atom. The van der Waals surface area contributed by atoms with Gasteiger partial charge in [0.2, 0.25) is 0 Å². The van der Waals surface area contributed by atoms with E-state index in [0.29, 0.717) is 89.8 Å². The molecule has 8 aromatic carbocycles. The van der Waals surface area contributed by atoms with Crippen LogP contribution in [-0.4, -0.2) is 29.8 Å². The van der Waals surface area contributed by atoms with Crippen LogP contribution >= 0.6 is 58.3 Å². The summed E-state index contributed by atoms with van der Waals surface area (Å²) in [5.41, 5.74) is 7.79. The number of hydrogen-bond donors (Lipinski definition) is 2. The average molecular weight is 992 g/mol. The minimum absolute atomic E-state index is 0.183. The van der Waals surface area contributed by atoms with Crippen molar-refractivity contribution in [3.8, 4) is 11.1 Å². The monoisotopic (exact) mass is 990 g/mol. The molecule has 2 aliphatic rings. The summed E-state index contributed by atoms with van der Waals surface area (Å²) in [6.45, 7) is 0.604. The summed E-state index contributed by atoms with van der Waals surface area (Å²) in [4.78, 5) is 40.1. The first-order chi connectivity index (χ1) is 33.0. The Morgan fingerprint density at radius 2 is 1.10 bits per heavy atom. The van der Waals surface area contributed by atoms with Crippen molar-refractivity contribution in [3.05, 3.63) is 235 Å². The predicted molar refractivity (Wildman–Crippen MR) is 272 cm³/mol. The van der Waals surface area contributed by atoms with Crippen molar-refractivity contribution in [1.29, 1.82) is 0 Å². The third-order valence-corrected chi connectivity index (χ3v) is 14.5. The Bertz CT molecular complexity index is 3420. The van der Waals surface area contributed by atoms with Gasteiger partial charge in [-0.2, -0.15) is 0 Å². The molecule has 13 heteroatoms. The maximum atomic E-state index is 16.8. The lowest BCUT2D eigenvalue weighted by molar-refractivity contribution is 0.0944. The molecule has 2 heterocycles. The smallest absolute Gasteiger partial charge is 0.251 e. The zero-order valence-electron chi connectivity index (χ0n) is 35.6. The van der Waals surface area contributed by atoms with E-state index in [1.165, 1.54) is 35.7 Å². The fraction of sp³-hybridized carbons (Fsp3) is 0.0545. The molecule has 334 valence electrons. The van der Waals surface area contributed by atoms with E-state index in [1.54, 1.807) is 66.7 Å². The van der Waals surface area contributed by atoms with Gasteiger partial charge in [-0.3, -0.25) is 9.59 Å². The second kappa shape index (κ2) is 19.6. The van der Waals surface area contributed by atoms with Gasteiger partial charge < -0.3 is 10.6 Å². The lowest BCUT2D eigenvalue weighted by Gasteiger charge is -2.14. The number of carbonyl (C=O) groups excluding carboxylic acids is 2. The molecule has 0 radical (unpaired) electrons. The van der Waals surface area contributed by atoms with Crippen molar-refractivity contribution in [3.63, 3.8) is 0 Å². The van der Waals surface area contributed by atoms with Gasteiger partial charge in [0.1, 0.15) is 11.6 Å². The Hall–Kier alpha value is -6.53. The van der Waals surface area contributed by atoms with Gasteiger partial charge in [0.15, 0.2) is 0 Å². The second-order valence-corrected chi connectivity index (χ2v) is 19.4. The molecule has 0 atom stereocenters. The lowest BCUT2D eigenvalue weighted by Crippen LogP contribution is -2.25.